The van der Waals surface area contributed by atoms with Crippen LogP contribution in [-0.2, 0) is 7.05 Å². The second-order valence-corrected chi connectivity index (χ2v) is 8.12. The van der Waals surface area contributed by atoms with Crippen molar-refractivity contribution in [3.05, 3.63) is 54.3 Å². The van der Waals surface area contributed by atoms with Gasteiger partial charge in [-0.1, -0.05) is 0 Å². The molecule has 1 atom stereocenters. The molecule has 172 valence electrons. The van der Waals surface area contributed by atoms with Crippen molar-refractivity contribution >= 4 is 40.6 Å². The molecule has 9 nitrogen and oxygen atoms in total. The van der Waals surface area contributed by atoms with E-state index in [1.54, 1.807) is 23.1 Å². The van der Waals surface area contributed by atoms with Gasteiger partial charge in [0.2, 0.25) is 5.89 Å². The second-order valence-electron chi connectivity index (χ2n) is 8.12. The predicted octanol–water partition coefficient (Wildman–Crippen LogP) is 3.57. The van der Waals surface area contributed by atoms with Gasteiger partial charge in [0.15, 0.2) is 5.69 Å². The van der Waals surface area contributed by atoms with Crippen LogP contribution in [0.15, 0.2) is 47.3 Å². The lowest BCUT2D eigenvalue weighted by atomic mass is 10.1. The monoisotopic (exact) mass is 468 g/mol. The van der Waals surface area contributed by atoms with E-state index < -0.39 is 0 Å². The molecule has 1 unspecified atom stereocenters. The van der Waals surface area contributed by atoms with Gasteiger partial charge in [0.1, 0.15) is 6.26 Å². The Morgan fingerprint density at radius 2 is 2.15 bits per heavy atom. The minimum Gasteiger partial charge on any atom is -0.444 e. The molecule has 1 aliphatic heterocycles. The lowest BCUT2D eigenvalue weighted by molar-refractivity contribution is 0.102. The van der Waals surface area contributed by atoms with Crippen molar-refractivity contribution in [3.8, 4) is 11.5 Å². The van der Waals surface area contributed by atoms with Crippen molar-refractivity contribution in [2.24, 2.45) is 7.05 Å². The largest absolute Gasteiger partial charge is 0.444 e. The van der Waals surface area contributed by atoms with Gasteiger partial charge in [-0.2, -0.15) is 5.10 Å². The first-order valence-electron chi connectivity index (χ1n) is 10.6. The van der Waals surface area contributed by atoms with Gasteiger partial charge in [0, 0.05) is 43.0 Å². The van der Waals surface area contributed by atoms with Gasteiger partial charge in [0.25, 0.3) is 5.91 Å². The maximum Gasteiger partial charge on any atom is 0.277 e. The lowest BCUT2D eigenvalue weighted by Gasteiger charge is -2.33. The third kappa shape index (κ3) is 4.55. The van der Waals surface area contributed by atoms with Gasteiger partial charge in [-0.25, -0.2) is 4.98 Å². The minimum absolute atomic E-state index is 0. The maximum absolute atomic E-state index is 13.0. The van der Waals surface area contributed by atoms with Crippen LogP contribution in [0, 0.1) is 6.92 Å². The molecule has 1 amide bonds. The molecule has 0 saturated carbocycles. The highest BCUT2D eigenvalue weighted by Gasteiger charge is 2.23. The number of fused-ring (bicyclic) bond motifs is 1. The molecule has 0 spiro atoms. The van der Waals surface area contributed by atoms with Crippen molar-refractivity contribution in [2.75, 3.05) is 23.3 Å². The van der Waals surface area contributed by atoms with Crippen molar-refractivity contribution in [1.29, 1.82) is 0 Å². The summed E-state index contributed by atoms with van der Waals surface area (Å²) in [6.45, 7) is 3.21. The average Bonchev–Trinajstić information content (AvgIpc) is 3.41. The third-order valence-corrected chi connectivity index (χ3v) is 5.73. The molecule has 1 fully saturated rings. The summed E-state index contributed by atoms with van der Waals surface area (Å²) in [4.78, 5) is 23.7. The van der Waals surface area contributed by atoms with Crippen molar-refractivity contribution < 1.29 is 14.3 Å². The number of hydrogen-bond acceptors (Lipinski definition) is 7. The first-order chi connectivity index (χ1) is 15.5. The first kappa shape index (κ1) is 22.8. The van der Waals surface area contributed by atoms with Gasteiger partial charge in [-0.3, -0.25) is 14.5 Å². The number of amides is 1. The van der Waals surface area contributed by atoms with Crippen LogP contribution in [0.25, 0.3) is 22.4 Å². The number of rotatable bonds is 4. The van der Waals surface area contributed by atoms with Gasteiger partial charge >= 0.3 is 0 Å². The summed E-state index contributed by atoms with van der Waals surface area (Å²) < 4.78 is 7.31. The van der Waals surface area contributed by atoms with Crippen LogP contribution in [-0.4, -0.2) is 50.0 Å². The molecule has 4 heterocycles. The molecule has 4 aromatic rings. The maximum atomic E-state index is 13.0. The molecule has 5 rings (SSSR count). The zero-order valence-electron chi connectivity index (χ0n) is 18.4. The summed E-state index contributed by atoms with van der Waals surface area (Å²) in [6, 6.07) is 7.55. The Morgan fingerprint density at radius 1 is 1.30 bits per heavy atom. The Kier molecular flexibility index (Phi) is 6.35. The Labute approximate surface area is 196 Å². The molecule has 0 bridgehead atoms. The number of aromatic nitrogens is 4. The summed E-state index contributed by atoms with van der Waals surface area (Å²) in [5, 5.41) is 18.4. The standard InChI is InChI=1S/C23H24N6O3.ClH/c1-14-8-15(5-6-24-14)23-27-19(13-32-23)22(31)26-18-10-20-16(11-25-28(20)2)9-21(18)29-7-3-4-17(30)12-29;/h5-6,8-11,13,17,30H,3-4,7,12H2,1-2H3,(H,26,31);1H. The van der Waals surface area contributed by atoms with Crippen molar-refractivity contribution in [2.45, 2.75) is 25.9 Å². The van der Waals surface area contributed by atoms with Crippen LogP contribution in [0.2, 0.25) is 0 Å². The smallest absolute Gasteiger partial charge is 0.277 e. The van der Waals surface area contributed by atoms with Gasteiger partial charge in [-0.15, -0.1) is 12.4 Å². The minimum atomic E-state index is -0.390. The van der Waals surface area contributed by atoms with Crippen LogP contribution < -0.4 is 10.2 Å². The third-order valence-electron chi connectivity index (χ3n) is 5.73. The fraction of sp³-hybridized carbons (Fsp3) is 0.304. The Hall–Kier alpha value is -3.43. The number of hydrogen-bond donors (Lipinski definition) is 2. The van der Waals surface area contributed by atoms with E-state index in [2.05, 4.69) is 25.3 Å². The number of aryl methyl sites for hydroxylation is 2. The Morgan fingerprint density at radius 3 is 2.94 bits per heavy atom. The van der Waals surface area contributed by atoms with E-state index in [1.807, 2.05) is 32.2 Å². The Bertz CT molecular complexity index is 1300. The molecule has 3 aromatic heterocycles. The number of halogens is 1. The van der Waals surface area contributed by atoms with Crippen LogP contribution in [0.4, 0.5) is 11.4 Å². The molecular formula is C23H25ClN6O3. The normalized spacial score (nSPS) is 16.0. The number of aliphatic hydroxyl groups is 1. The fourth-order valence-electron chi connectivity index (χ4n) is 4.10. The number of oxazole rings is 1. The number of aliphatic hydroxyl groups excluding tert-OH is 1. The van der Waals surface area contributed by atoms with E-state index in [4.69, 9.17) is 4.42 Å². The van der Waals surface area contributed by atoms with Crippen LogP contribution in [0.3, 0.4) is 0 Å². The number of anilines is 2. The first-order valence-corrected chi connectivity index (χ1v) is 10.6. The van der Waals surface area contributed by atoms with Crippen LogP contribution in [0.5, 0.6) is 0 Å². The van der Waals surface area contributed by atoms with E-state index in [0.29, 0.717) is 18.1 Å². The summed E-state index contributed by atoms with van der Waals surface area (Å²) in [5.74, 6) is -0.00628. The summed E-state index contributed by atoms with van der Waals surface area (Å²) in [6.07, 6.45) is 6.11. The number of nitrogens with zero attached hydrogens (tertiary/aromatic N) is 5. The lowest BCUT2D eigenvalue weighted by Crippen LogP contribution is -2.38. The SMILES string of the molecule is Cc1cc(-c2nc(C(=O)Nc3cc4c(cnn4C)cc3N3CCCC(O)C3)co2)ccn1.Cl. The van der Waals surface area contributed by atoms with E-state index in [1.165, 1.54) is 6.26 Å². The number of pyridine rings is 1. The van der Waals surface area contributed by atoms with E-state index in [-0.39, 0.29) is 30.1 Å². The van der Waals surface area contributed by atoms with Gasteiger partial charge in [0.05, 0.1) is 29.2 Å². The van der Waals surface area contributed by atoms with E-state index in [0.717, 1.165) is 47.2 Å². The zero-order valence-corrected chi connectivity index (χ0v) is 19.2. The fourth-order valence-corrected chi connectivity index (χ4v) is 4.10. The summed E-state index contributed by atoms with van der Waals surface area (Å²) in [5.41, 5.74) is 4.18. The molecular weight excluding hydrogens is 444 g/mol. The molecule has 1 saturated heterocycles. The number of benzene rings is 1. The topological polar surface area (TPSA) is 109 Å². The molecule has 0 radical (unpaired) electrons. The number of piperidine rings is 1. The van der Waals surface area contributed by atoms with Crippen LogP contribution >= 0.6 is 12.4 Å². The predicted molar refractivity (Wildman–Crippen MR) is 128 cm³/mol. The van der Waals surface area contributed by atoms with Crippen LogP contribution in [0.1, 0.15) is 29.0 Å². The highest BCUT2D eigenvalue weighted by atomic mass is 35.5. The Balaban J connectivity index is 0.00000259. The van der Waals surface area contributed by atoms with E-state index >= 15 is 0 Å². The zero-order chi connectivity index (χ0) is 22.2. The van der Waals surface area contributed by atoms with Gasteiger partial charge < -0.3 is 19.7 Å². The highest BCUT2D eigenvalue weighted by molar-refractivity contribution is 6.06. The number of carbonyl (C=O) groups is 1. The summed E-state index contributed by atoms with van der Waals surface area (Å²) in [7, 11) is 1.86. The molecule has 0 aliphatic carbocycles. The number of β-amino-alcohol motifs (C(OH)–C–C–N with tert-alkyl or cyclic N) is 1. The molecule has 33 heavy (non-hydrogen) atoms. The van der Waals surface area contributed by atoms with E-state index in [9.17, 15) is 9.90 Å². The van der Waals surface area contributed by atoms with Crippen molar-refractivity contribution in [3.63, 3.8) is 0 Å². The average molecular weight is 469 g/mol. The van der Waals surface area contributed by atoms with Crippen molar-refractivity contribution in [1.82, 2.24) is 19.7 Å². The van der Waals surface area contributed by atoms with Gasteiger partial charge in [-0.05, 0) is 44.0 Å². The molecule has 2 N–H and O–H groups in total. The quantitative estimate of drug-likeness (QED) is 0.471. The number of carbonyl (C=O) groups excluding carboxylic acids is 1. The highest BCUT2D eigenvalue weighted by Crippen LogP contribution is 2.33. The molecule has 1 aliphatic rings. The summed E-state index contributed by atoms with van der Waals surface area (Å²) >= 11 is 0. The molecule has 1 aromatic carbocycles. The second kappa shape index (κ2) is 9.21. The molecule has 10 heteroatoms. The number of nitrogens with one attached hydrogen (secondary N) is 1.